The van der Waals surface area contributed by atoms with Gasteiger partial charge in [0.2, 0.25) is 0 Å². The van der Waals surface area contributed by atoms with Crippen molar-refractivity contribution in [3.05, 3.63) is 105 Å². The van der Waals surface area contributed by atoms with Gasteiger partial charge in [-0.05, 0) is 87.0 Å². The van der Waals surface area contributed by atoms with Crippen LogP contribution in [-0.2, 0) is 32.1 Å². The van der Waals surface area contributed by atoms with Crippen LogP contribution in [-0.4, -0.2) is 15.0 Å². The molecule has 1 aliphatic heterocycles. The Balaban J connectivity index is 1.35. The molecule has 3 heteroatoms. The van der Waals surface area contributed by atoms with Crippen LogP contribution in [0.3, 0.4) is 0 Å². The Morgan fingerprint density at radius 1 is 0.632 bits per heavy atom. The maximum atomic E-state index is 5.61. The molecule has 5 aliphatic rings. The van der Waals surface area contributed by atoms with Crippen LogP contribution in [0.4, 0.5) is 0 Å². The van der Waals surface area contributed by atoms with Gasteiger partial charge in [0.05, 0.1) is 0 Å². The predicted octanol–water partition coefficient (Wildman–Crippen LogP) is 7.98. The first kappa shape index (κ1) is 22.4. The largest absolute Gasteiger partial charge is 0.305 e. The summed E-state index contributed by atoms with van der Waals surface area (Å²) in [4.78, 5) is 5.61. The highest BCUT2D eigenvalue weighted by atomic mass is 15.2. The monoisotopic (exact) mass is 497 g/mol. The van der Waals surface area contributed by atoms with Gasteiger partial charge in [-0.3, -0.25) is 0 Å². The summed E-state index contributed by atoms with van der Waals surface area (Å²) < 4.78 is 5.20. The number of hydrogen-bond donors (Lipinski definition) is 0. The summed E-state index contributed by atoms with van der Waals surface area (Å²) in [6.07, 6.45) is 29.2. The summed E-state index contributed by atoms with van der Waals surface area (Å²) in [6.45, 7) is 0. The first-order valence-electron chi connectivity index (χ1n) is 14.7. The highest BCUT2D eigenvalue weighted by molar-refractivity contribution is 5.94. The van der Waals surface area contributed by atoms with Gasteiger partial charge in [0.25, 0.3) is 0 Å². The molecular formula is C35H35N3. The molecule has 0 fully saturated rings. The lowest BCUT2D eigenvalue weighted by molar-refractivity contribution is 0.660. The van der Waals surface area contributed by atoms with E-state index < -0.39 is 0 Å². The zero-order chi connectivity index (χ0) is 25.1. The minimum Gasteiger partial charge on any atom is -0.305 e. The zero-order valence-electron chi connectivity index (χ0n) is 22.1. The van der Waals surface area contributed by atoms with Gasteiger partial charge in [-0.15, -0.1) is 0 Å². The molecular weight excluding hydrogens is 462 g/mol. The summed E-state index contributed by atoms with van der Waals surface area (Å²) in [6, 6.07) is 11.1. The molecule has 0 radical (unpaired) electrons. The maximum Gasteiger partial charge on any atom is 0.135 e. The van der Waals surface area contributed by atoms with Gasteiger partial charge in [0, 0.05) is 46.2 Å². The highest BCUT2D eigenvalue weighted by Crippen LogP contribution is 2.40. The molecule has 0 bridgehead atoms. The lowest BCUT2D eigenvalue weighted by Crippen LogP contribution is -2.25. The molecule has 0 saturated carbocycles. The van der Waals surface area contributed by atoms with E-state index in [4.69, 9.17) is 4.99 Å². The number of allylic oxidation sites excluding steroid dienone is 4. The number of rotatable bonds is 2. The third-order valence-corrected chi connectivity index (χ3v) is 9.27. The van der Waals surface area contributed by atoms with E-state index in [2.05, 4.69) is 82.0 Å². The smallest absolute Gasteiger partial charge is 0.135 e. The molecule has 38 heavy (non-hydrogen) atoms. The van der Waals surface area contributed by atoms with Gasteiger partial charge >= 0.3 is 0 Å². The molecule has 3 heterocycles. The van der Waals surface area contributed by atoms with Crippen molar-refractivity contribution in [2.45, 2.75) is 76.5 Å². The average molecular weight is 498 g/mol. The van der Waals surface area contributed by atoms with Gasteiger partial charge in [0.1, 0.15) is 11.7 Å². The SMILES string of the molecule is C1=Cc2c3c(n(C4=CC(c5ccccc5)CC(n5c6c(c7c5CCCC7)C=CCC6)=N4)c2CC1)CCC=C3. The van der Waals surface area contributed by atoms with Crippen molar-refractivity contribution in [1.82, 2.24) is 9.13 Å². The Labute approximate surface area is 225 Å². The molecule has 1 aromatic carbocycles. The second-order valence-corrected chi connectivity index (χ2v) is 11.5. The van der Waals surface area contributed by atoms with Crippen molar-refractivity contribution in [3.8, 4) is 0 Å². The van der Waals surface area contributed by atoms with Crippen molar-refractivity contribution in [2.24, 2.45) is 4.99 Å². The summed E-state index contributed by atoms with van der Waals surface area (Å²) in [5.41, 5.74) is 13.3. The normalized spacial score (nSPS) is 21.3. The third kappa shape index (κ3) is 3.44. The Hall–Kier alpha value is -3.59. The van der Waals surface area contributed by atoms with Crippen LogP contribution in [0.1, 0.15) is 95.0 Å². The highest BCUT2D eigenvalue weighted by Gasteiger charge is 2.31. The molecule has 3 aromatic rings. The lowest BCUT2D eigenvalue weighted by Gasteiger charge is -2.27. The fraction of sp³-hybridized carbons (Fsp3) is 0.343. The van der Waals surface area contributed by atoms with Crippen LogP contribution in [0.5, 0.6) is 0 Å². The topological polar surface area (TPSA) is 22.2 Å². The van der Waals surface area contributed by atoms with Gasteiger partial charge in [-0.1, -0.05) is 66.8 Å². The molecule has 2 aromatic heterocycles. The summed E-state index contributed by atoms with van der Waals surface area (Å²) in [5, 5.41) is 0. The maximum absolute atomic E-state index is 5.61. The first-order chi connectivity index (χ1) is 18.9. The number of nitrogens with zero attached hydrogens (tertiary/aromatic N) is 3. The number of aromatic nitrogens is 2. The number of aliphatic imine (C=N–C) groups is 1. The number of benzene rings is 1. The van der Waals surface area contributed by atoms with Crippen molar-refractivity contribution in [2.75, 3.05) is 0 Å². The van der Waals surface area contributed by atoms with Crippen LogP contribution in [0.15, 0.2) is 59.6 Å². The van der Waals surface area contributed by atoms with Crippen LogP contribution in [0.25, 0.3) is 24.0 Å². The molecule has 0 spiro atoms. The predicted molar refractivity (Wildman–Crippen MR) is 158 cm³/mol. The van der Waals surface area contributed by atoms with Gasteiger partial charge in [0.15, 0.2) is 0 Å². The Morgan fingerprint density at radius 3 is 1.97 bits per heavy atom. The van der Waals surface area contributed by atoms with E-state index in [0.29, 0.717) is 5.92 Å². The van der Waals surface area contributed by atoms with Crippen LogP contribution < -0.4 is 0 Å². The second-order valence-electron chi connectivity index (χ2n) is 11.5. The van der Waals surface area contributed by atoms with Gasteiger partial charge in [-0.25, -0.2) is 4.99 Å². The molecule has 4 aliphatic carbocycles. The van der Waals surface area contributed by atoms with E-state index in [-0.39, 0.29) is 0 Å². The Bertz CT molecular complexity index is 1540. The minimum absolute atomic E-state index is 0.321. The van der Waals surface area contributed by atoms with Crippen molar-refractivity contribution < 1.29 is 0 Å². The van der Waals surface area contributed by atoms with E-state index in [1.807, 2.05) is 0 Å². The Kier molecular flexibility index (Phi) is 5.31. The van der Waals surface area contributed by atoms with E-state index >= 15 is 0 Å². The van der Waals surface area contributed by atoms with E-state index in [1.54, 1.807) is 11.3 Å². The van der Waals surface area contributed by atoms with E-state index in [0.717, 1.165) is 50.8 Å². The molecule has 0 saturated heterocycles. The summed E-state index contributed by atoms with van der Waals surface area (Å²) in [7, 11) is 0. The molecule has 8 rings (SSSR count). The molecule has 1 atom stereocenters. The minimum atomic E-state index is 0.321. The Morgan fingerprint density at radius 2 is 1.26 bits per heavy atom. The number of fused-ring (bicyclic) bond motifs is 6. The summed E-state index contributed by atoms with van der Waals surface area (Å²) in [5.74, 6) is 2.71. The quantitative estimate of drug-likeness (QED) is 0.342. The molecule has 190 valence electrons. The first-order valence-corrected chi connectivity index (χ1v) is 14.7. The average Bonchev–Trinajstić information content (AvgIpc) is 3.51. The fourth-order valence-electron chi connectivity index (χ4n) is 7.59. The van der Waals surface area contributed by atoms with Crippen LogP contribution >= 0.6 is 0 Å². The van der Waals surface area contributed by atoms with Crippen molar-refractivity contribution >= 4 is 29.9 Å². The standard InChI is InChI=1S/C35H35N3/c1-2-12-24(13-3-1)25-22-34(37-30-18-8-4-14-26(30)27-15-5-9-19-31(27)37)36-35(23-25)38-32-20-10-6-16-28(32)29-17-7-11-21-33(29)38/h1-6,12-16,22,25H,7-11,17-21,23H2. The van der Waals surface area contributed by atoms with Crippen LogP contribution in [0.2, 0.25) is 0 Å². The van der Waals surface area contributed by atoms with Gasteiger partial charge < -0.3 is 9.13 Å². The van der Waals surface area contributed by atoms with Crippen molar-refractivity contribution in [1.29, 1.82) is 0 Å². The second kappa shape index (κ2) is 9.01. The van der Waals surface area contributed by atoms with Crippen molar-refractivity contribution in [3.63, 3.8) is 0 Å². The molecule has 0 amide bonds. The third-order valence-electron chi connectivity index (χ3n) is 9.27. The molecule has 1 unspecified atom stereocenters. The molecule has 3 nitrogen and oxygen atoms in total. The van der Waals surface area contributed by atoms with Crippen LogP contribution in [0, 0.1) is 0 Å². The lowest BCUT2D eigenvalue weighted by atomic mass is 9.92. The van der Waals surface area contributed by atoms with Gasteiger partial charge in [-0.2, -0.15) is 0 Å². The fourth-order valence-corrected chi connectivity index (χ4v) is 7.59. The summed E-state index contributed by atoms with van der Waals surface area (Å²) >= 11 is 0. The van der Waals surface area contributed by atoms with E-state index in [1.165, 1.54) is 70.9 Å². The number of hydrogen-bond acceptors (Lipinski definition) is 1. The molecule has 0 N–H and O–H groups in total. The zero-order valence-corrected chi connectivity index (χ0v) is 22.1. The van der Waals surface area contributed by atoms with E-state index in [9.17, 15) is 0 Å².